The summed E-state index contributed by atoms with van der Waals surface area (Å²) in [4.78, 5) is 0. The van der Waals surface area contributed by atoms with Crippen LogP contribution in [0.1, 0.15) is 31.2 Å². The van der Waals surface area contributed by atoms with Gasteiger partial charge in [-0.3, -0.25) is 11.3 Å². The van der Waals surface area contributed by atoms with Gasteiger partial charge in [0.1, 0.15) is 5.75 Å². The van der Waals surface area contributed by atoms with E-state index >= 15 is 0 Å². The van der Waals surface area contributed by atoms with Crippen LogP contribution in [0.15, 0.2) is 18.2 Å². The lowest BCUT2D eigenvalue weighted by molar-refractivity contribution is 0.395. The Bertz CT molecular complexity index is 468. The summed E-state index contributed by atoms with van der Waals surface area (Å²) in [5.74, 6) is 9.22. The van der Waals surface area contributed by atoms with Crippen LogP contribution in [0.25, 0.3) is 0 Å². The van der Waals surface area contributed by atoms with Gasteiger partial charge < -0.3 is 4.74 Å². The first-order chi connectivity index (χ1) is 9.74. The molecule has 110 valence electrons. The Hall–Kier alpha value is -0.770. The summed E-state index contributed by atoms with van der Waals surface area (Å²) in [7, 11) is 1.70. The number of methoxy groups -OCH3 is 1. The number of nitrogens with one attached hydrogen (secondary N) is 1. The lowest BCUT2D eigenvalue weighted by Crippen LogP contribution is -2.39. The summed E-state index contributed by atoms with van der Waals surface area (Å²) in [6, 6.07) is 6.13. The largest absolute Gasteiger partial charge is 0.496 e. The van der Waals surface area contributed by atoms with Crippen LogP contribution in [-0.2, 0) is 6.42 Å². The van der Waals surface area contributed by atoms with Crippen molar-refractivity contribution in [3.8, 4) is 5.75 Å². The van der Waals surface area contributed by atoms with Crippen LogP contribution < -0.4 is 16.0 Å². The van der Waals surface area contributed by atoms with Gasteiger partial charge in [-0.1, -0.05) is 24.4 Å². The first kappa shape index (κ1) is 14.2. The summed E-state index contributed by atoms with van der Waals surface area (Å²) in [6.07, 6.45) is 6.41. The molecule has 0 radical (unpaired) electrons. The van der Waals surface area contributed by atoms with Crippen molar-refractivity contribution in [3.63, 3.8) is 0 Å². The van der Waals surface area contributed by atoms with Crippen molar-refractivity contribution >= 4 is 11.6 Å². The summed E-state index contributed by atoms with van der Waals surface area (Å²) < 4.78 is 5.44. The smallest absolute Gasteiger partial charge is 0.122 e. The van der Waals surface area contributed by atoms with E-state index in [1.165, 1.54) is 25.7 Å². The molecule has 3 nitrogen and oxygen atoms in total. The average Bonchev–Trinajstić information content (AvgIpc) is 3.19. The lowest BCUT2D eigenvalue weighted by Gasteiger charge is -2.18. The Morgan fingerprint density at radius 3 is 2.65 bits per heavy atom. The van der Waals surface area contributed by atoms with Crippen molar-refractivity contribution in [1.82, 2.24) is 5.43 Å². The minimum Gasteiger partial charge on any atom is -0.496 e. The molecule has 0 bridgehead atoms. The number of halogens is 1. The van der Waals surface area contributed by atoms with E-state index < -0.39 is 0 Å². The van der Waals surface area contributed by atoms with E-state index in [1.807, 2.05) is 18.2 Å². The van der Waals surface area contributed by atoms with Crippen molar-refractivity contribution in [2.24, 2.45) is 23.6 Å². The van der Waals surface area contributed by atoms with E-state index in [2.05, 4.69) is 5.43 Å². The summed E-state index contributed by atoms with van der Waals surface area (Å²) >= 11 is 6.11. The second-order valence-electron chi connectivity index (χ2n) is 6.12. The zero-order valence-electron chi connectivity index (χ0n) is 11.9. The predicted molar refractivity (Wildman–Crippen MR) is 81.8 cm³/mol. The number of hydrazine groups is 1. The zero-order chi connectivity index (χ0) is 14.1. The van der Waals surface area contributed by atoms with Gasteiger partial charge in [0.05, 0.1) is 7.11 Å². The summed E-state index contributed by atoms with van der Waals surface area (Å²) in [6.45, 7) is 0. The van der Waals surface area contributed by atoms with Crippen LogP contribution in [0.5, 0.6) is 5.75 Å². The Morgan fingerprint density at radius 2 is 2.05 bits per heavy atom. The van der Waals surface area contributed by atoms with Crippen molar-refractivity contribution < 1.29 is 4.74 Å². The number of nitrogens with two attached hydrogens (primary N) is 1. The van der Waals surface area contributed by atoms with Gasteiger partial charge in [0.2, 0.25) is 0 Å². The SMILES string of the molecule is COc1ccc(Cl)cc1CC(NN)C1C2CCCCC21. The minimum atomic E-state index is 0.329. The van der Waals surface area contributed by atoms with E-state index in [9.17, 15) is 0 Å². The molecule has 3 rings (SSSR count). The predicted octanol–water partition coefficient (Wildman–Crippen LogP) is 3.16. The molecule has 2 aliphatic rings. The van der Waals surface area contributed by atoms with E-state index in [-0.39, 0.29) is 0 Å². The molecule has 0 saturated heterocycles. The number of fused-ring (bicyclic) bond motifs is 1. The molecule has 3 N–H and O–H groups in total. The minimum absolute atomic E-state index is 0.329. The highest BCUT2D eigenvalue weighted by Crippen LogP contribution is 2.57. The van der Waals surface area contributed by atoms with Gasteiger partial charge >= 0.3 is 0 Å². The van der Waals surface area contributed by atoms with Crippen molar-refractivity contribution in [2.75, 3.05) is 7.11 Å². The number of ether oxygens (including phenoxy) is 1. The normalized spacial score (nSPS) is 29.6. The Labute approximate surface area is 125 Å². The van der Waals surface area contributed by atoms with E-state index in [4.69, 9.17) is 22.2 Å². The van der Waals surface area contributed by atoms with Gasteiger partial charge in [0.15, 0.2) is 0 Å². The molecular formula is C16H23ClN2O. The van der Waals surface area contributed by atoms with Gasteiger partial charge in [-0.25, -0.2) is 0 Å². The van der Waals surface area contributed by atoms with E-state index in [0.29, 0.717) is 6.04 Å². The lowest BCUT2D eigenvalue weighted by atomic mass is 9.99. The quantitative estimate of drug-likeness (QED) is 0.648. The Balaban J connectivity index is 1.73. The van der Waals surface area contributed by atoms with Gasteiger partial charge in [-0.15, -0.1) is 0 Å². The van der Waals surface area contributed by atoms with Gasteiger partial charge in [-0.2, -0.15) is 0 Å². The standard InChI is InChI=1S/C16H23ClN2O/c1-20-15-7-6-11(17)8-10(15)9-14(19-18)16-12-4-2-3-5-13(12)16/h6-8,12-14,16,19H,2-5,9,18H2,1H3. The van der Waals surface area contributed by atoms with Crippen LogP contribution in [-0.4, -0.2) is 13.2 Å². The topological polar surface area (TPSA) is 47.3 Å². The molecule has 3 unspecified atom stereocenters. The molecule has 4 heteroatoms. The van der Waals surface area contributed by atoms with Crippen LogP contribution in [0, 0.1) is 17.8 Å². The molecule has 3 atom stereocenters. The monoisotopic (exact) mass is 294 g/mol. The maximum absolute atomic E-state index is 6.11. The molecular weight excluding hydrogens is 272 g/mol. The third kappa shape index (κ3) is 2.67. The van der Waals surface area contributed by atoms with Crippen molar-refractivity contribution in [3.05, 3.63) is 28.8 Å². The fraction of sp³-hybridized carbons (Fsp3) is 0.625. The average molecular weight is 295 g/mol. The van der Waals surface area contributed by atoms with E-state index in [1.54, 1.807) is 7.11 Å². The zero-order valence-corrected chi connectivity index (χ0v) is 12.7. The number of hydrogen-bond donors (Lipinski definition) is 2. The Kier molecular flexibility index (Phi) is 4.20. The van der Waals surface area contributed by atoms with Gasteiger partial charge in [0.25, 0.3) is 0 Å². The molecule has 2 saturated carbocycles. The maximum Gasteiger partial charge on any atom is 0.122 e. The molecule has 0 amide bonds. The molecule has 0 spiro atoms. The molecule has 20 heavy (non-hydrogen) atoms. The number of hydrogen-bond acceptors (Lipinski definition) is 3. The molecule has 1 aromatic rings. The second-order valence-corrected chi connectivity index (χ2v) is 6.56. The van der Waals surface area contributed by atoms with Crippen LogP contribution in [0.3, 0.4) is 0 Å². The van der Waals surface area contributed by atoms with Crippen LogP contribution in [0.2, 0.25) is 5.02 Å². The van der Waals surface area contributed by atoms with Gasteiger partial charge in [0, 0.05) is 11.1 Å². The summed E-state index contributed by atoms with van der Waals surface area (Å²) in [5.41, 5.74) is 4.19. The Morgan fingerprint density at radius 1 is 1.35 bits per heavy atom. The fourth-order valence-corrected chi connectivity index (χ4v) is 4.29. The van der Waals surface area contributed by atoms with Crippen LogP contribution in [0.4, 0.5) is 0 Å². The molecule has 0 aromatic heterocycles. The third-order valence-electron chi connectivity index (χ3n) is 5.08. The van der Waals surface area contributed by atoms with Crippen LogP contribution >= 0.6 is 11.6 Å². The highest BCUT2D eigenvalue weighted by Gasteiger charge is 2.53. The van der Waals surface area contributed by atoms with Crippen molar-refractivity contribution in [2.45, 2.75) is 38.1 Å². The first-order valence-electron chi connectivity index (χ1n) is 7.53. The molecule has 0 aliphatic heterocycles. The van der Waals surface area contributed by atoms with E-state index in [0.717, 1.165) is 40.5 Å². The first-order valence-corrected chi connectivity index (χ1v) is 7.91. The number of rotatable bonds is 5. The maximum atomic E-state index is 6.11. The van der Waals surface area contributed by atoms with Crippen molar-refractivity contribution in [1.29, 1.82) is 0 Å². The fourth-order valence-electron chi connectivity index (χ4n) is 4.09. The number of benzene rings is 1. The molecule has 0 heterocycles. The molecule has 2 aliphatic carbocycles. The van der Waals surface area contributed by atoms with Gasteiger partial charge in [-0.05, 0) is 60.8 Å². The third-order valence-corrected chi connectivity index (χ3v) is 5.32. The second kappa shape index (κ2) is 5.92. The highest BCUT2D eigenvalue weighted by molar-refractivity contribution is 6.30. The molecule has 1 aromatic carbocycles. The molecule has 2 fully saturated rings. The summed E-state index contributed by atoms with van der Waals surface area (Å²) in [5, 5.41) is 0.754. The highest BCUT2D eigenvalue weighted by atomic mass is 35.5.